The Labute approximate surface area is 78.2 Å². The van der Waals surface area contributed by atoms with Gasteiger partial charge >= 0.3 is 0 Å². The first-order chi connectivity index (χ1) is 6.18. The molecule has 0 amide bonds. The Morgan fingerprint density at radius 1 is 1.62 bits per heavy atom. The van der Waals surface area contributed by atoms with Crippen LogP contribution in [0.15, 0.2) is 6.33 Å². The van der Waals surface area contributed by atoms with E-state index in [-0.39, 0.29) is 5.95 Å². The van der Waals surface area contributed by atoms with E-state index in [1.165, 1.54) is 13.4 Å². The third-order valence-corrected chi connectivity index (χ3v) is 1.89. The van der Waals surface area contributed by atoms with Crippen LogP contribution >= 0.6 is 12.2 Å². The van der Waals surface area contributed by atoms with Crippen LogP contribution in [-0.2, 0) is 0 Å². The van der Waals surface area contributed by atoms with Crippen LogP contribution in [0.25, 0.3) is 11.2 Å². The summed E-state index contributed by atoms with van der Waals surface area (Å²) in [5.74, 6) is 0.268. The fourth-order valence-corrected chi connectivity index (χ4v) is 1.23. The topological polar surface area (TPSA) is 80.8 Å². The van der Waals surface area contributed by atoms with Gasteiger partial charge in [0.2, 0.25) is 5.95 Å². The first-order valence-corrected chi connectivity index (χ1v) is 3.95. The van der Waals surface area contributed by atoms with Gasteiger partial charge in [0, 0.05) is 7.05 Å². The smallest absolute Gasteiger partial charge is 0.229 e. The Balaban J connectivity index is 2.77. The third-order valence-electron chi connectivity index (χ3n) is 1.60. The van der Waals surface area contributed by atoms with E-state index in [9.17, 15) is 0 Å². The molecule has 0 aliphatic carbocycles. The van der Waals surface area contributed by atoms with E-state index in [0.29, 0.717) is 15.8 Å². The number of nitrogens with one attached hydrogen (secondary N) is 2. The molecule has 0 aliphatic heterocycles. The summed E-state index contributed by atoms with van der Waals surface area (Å²) in [6.45, 7) is 0. The molecular formula is C6H7N5OS. The summed E-state index contributed by atoms with van der Waals surface area (Å²) in [7, 11) is 1.45. The Hall–Kier alpha value is -1.47. The highest BCUT2D eigenvalue weighted by Gasteiger charge is 2.04. The molecule has 0 saturated heterocycles. The van der Waals surface area contributed by atoms with Crippen molar-refractivity contribution in [2.24, 2.45) is 0 Å². The van der Waals surface area contributed by atoms with Gasteiger partial charge in [-0.25, -0.2) is 10.0 Å². The maximum absolute atomic E-state index is 9.10. The molecule has 13 heavy (non-hydrogen) atoms. The fraction of sp³-hybridized carbons (Fsp3) is 0.167. The monoisotopic (exact) mass is 197 g/mol. The normalized spacial score (nSPS) is 10.6. The van der Waals surface area contributed by atoms with E-state index in [1.807, 2.05) is 0 Å². The molecule has 0 spiro atoms. The van der Waals surface area contributed by atoms with E-state index >= 15 is 0 Å². The van der Waals surface area contributed by atoms with Crippen molar-refractivity contribution >= 4 is 29.3 Å². The first kappa shape index (κ1) is 8.14. The molecule has 0 aliphatic rings. The zero-order chi connectivity index (χ0) is 9.42. The molecule has 2 aromatic heterocycles. The molecular weight excluding hydrogens is 190 g/mol. The van der Waals surface area contributed by atoms with Crippen LogP contribution < -0.4 is 5.06 Å². The predicted octanol–water partition coefficient (Wildman–Crippen LogP) is 0.841. The quantitative estimate of drug-likeness (QED) is 0.466. The molecule has 0 radical (unpaired) electrons. The van der Waals surface area contributed by atoms with Gasteiger partial charge in [0.05, 0.1) is 6.33 Å². The highest BCUT2D eigenvalue weighted by atomic mass is 32.1. The number of imidazole rings is 1. The standard InChI is InChI=1S/C6H7N5OS/c1-11(12)6-9-4-3(5(13)10-6)7-2-8-4/h2,12H,1H3,(H2,7,8,9,10,13). The fourth-order valence-electron chi connectivity index (χ4n) is 0.991. The average molecular weight is 197 g/mol. The second kappa shape index (κ2) is 2.79. The van der Waals surface area contributed by atoms with Crippen molar-refractivity contribution < 1.29 is 5.21 Å². The molecule has 0 saturated carbocycles. The van der Waals surface area contributed by atoms with Crippen molar-refractivity contribution in [2.75, 3.05) is 12.1 Å². The first-order valence-electron chi connectivity index (χ1n) is 3.54. The number of hydroxylamine groups is 1. The maximum Gasteiger partial charge on any atom is 0.229 e. The van der Waals surface area contributed by atoms with Gasteiger partial charge in [-0.1, -0.05) is 12.2 Å². The summed E-state index contributed by atoms with van der Waals surface area (Å²) < 4.78 is 0.377. The molecule has 6 nitrogen and oxygen atoms in total. The lowest BCUT2D eigenvalue weighted by Gasteiger charge is -2.07. The van der Waals surface area contributed by atoms with Crippen LogP contribution in [0, 0.1) is 4.64 Å². The van der Waals surface area contributed by atoms with Crippen LogP contribution in [0.1, 0.15) is 0 Å². The summed E-state index contributed by atoms with van der Waals surface area (Å²) in [5.41, 5.74) is 1.25. The van der Waals surface area contributed by atoms with Crippen LogP contribution in [0.5, 0.6) is 0 Å². The molecule has 68 valence electrons. The maximum atomic E-state index is 9.10. The van der Waals surface area contributed by atoms with Gasteiger partial charge in [-0.05, 0) is 0 Å². The summed E-state index contributed by atoms with van der Waals surface area (Å²) in [4.78, 5) is 13.6. The number of rotatable bonds is 1. The summed E-state index contributed by atoms with van der Waals surface area (Å²) in [6.07, 6.45) is 1.51. The molecule has 0 bridgehead atoms. The van der Waals surface area contributed by atoms with Gasteiger partial charge in [-0.15, -0.1) is 0 Å². The van der Waals surface area contributed by atoms with Gasteiger partial charge < -0.3 is 9.97 Å². The molecule has 0 aromatic carbocycles. The predicted molar refractivity (Wildman–Crippen MR) is 49.3 cm³/mol. The molecule has 7 heteroatoms. The van der Waals surface area contributed by atoms with Gasteiger partial charge in [-0.3, -0.25) is 5.21 Å². The second-order valence-electron chi connectivity index (χ2n) is 2.52. The van der Waals surface area contributed by atoms with Crippen molar-refractivity contribution in [1.29, 1.82) is 0 Å². The Morgan fingerprint density at radius 2 is 2.38 bits per heavy atom. The molecule has 2 rings (SSSR count). The molecule has 0 atom stereocenters. The second-order valence-corrected chi connectivity index (χ2v) is 2.90. The van der Waals surface area contributed by atoms with Crippen molar-refractivity contribution in [3.8, 4) is 0 Å². The van der Waals surface area contributed by atoms with Crippen LogP contribution in [0.4, 0.5) is 5.95 Å². The lowest BCUT2D eigenvalue weighted by atomic mass is 10.5. The summed E-state index contributed by atoms with van der Waals surface area (Å²) in [6, 6.07) is 0. The minimum absolute atomic E-state index is 0.268. The van der Waals surface area contributed by atoms with Crippen molar-refractivity contribution in [3.63, 3.8) is 0 Å². The zero-order valence-electron chi connectivity index (χ0n) is 6.77. The van der Waals surface area contributed by atoms with Gasteiger partial charge in [-0.2, -0.15) is 4.98 Å². The Morgan fingerprint density at radius 3 is 3.08 bits per heavy atom. The third kappa shape index (κ3) is 1.27. The molecule has 2 aromatic rings. The highest BCUT2D eigenvalue weighted by molar-refractivity contribution is 7.71. The van der Waals surface area contributed by atoms with Crippen molar-refractivity contribution in [1.82, 2.24) is 19.9 Å². The van der Waals surface area contributed by atoms with E-state index in [1.54, 1.807) is 0 Å². The van der Waals surface area contributed by atoms with Gasteiger partial charge in [0.15, 0.2) is 10.3 Å². The SMILES string of the molecule is CN(O)c1nc(=S)c2[nH]cnc2[nH]1. The lowest BCUT2D eigenvalue weighted by Crippen LogP contribution is -2.13. The number of aromatic amines is 2. The van der Waals surface area contributed by atoms with Crippen LogP contribution in [0.2, 0.25) is 0 Å². The number of hydrogen-bond donors (Lipinski definition) is 3. The molecule has 3 N–H and O–H groups in total. The summed E-state index contributed by atoms with van der Waals surface area (Å²) in [5, 5.41) is 9.95. The van der Waals surface area contributed by atoms with Crippen molar-refractivity contribution in [2.45, 2.75) is 0 Å². The average Bonchev–Trinajstić information content (AvgIpc) is 2.51. The highest BCUT2D eigenvalue weighted by Crippen LogP contribution is 2.10. The number of anilines is 1. The summed E-state index contributed by atoms with van der Waals surface area (Å²) >= 11 is 4.97. The van der Waals surface area contributed by atoms with E-state index < -0.39 is 0 Å². The number of hydrogen-bond acceptors (Lipinski definition) is 5. The van der Waals surface area contributed by atoms with Crippen LogP contribution in [0.3, 0.4) is 0 Å². The molecule has 0 unspecified atom stereocenters. The zero-order valence-corrected chi connectivity index (χ0v) is 7.59. The van der Waals surface area contributed by atoms with E-state index in [4.69, 9.17) is 17.4 Å². The van der Waals surface area contributed by atoms with Gasteiger partial charge in [0.1, 0.15) is 5.52 Å². The Bertz CT molecular complexity index is 487. The van der Waals surface area contributed by atoms with Gasteiger partial charge in [0.25, 0.3) is 0 Å². The number of aromatic nitrogens is 4. The van der Waals surface area contributed by atoms with E-state index in [2.05, 4.69) is 19.9 Å². The van der Waals surface area contributed by atoms with Crippen molar-refractivity contribution in [3.05, 3.63) is 11.0 Å². The Kier molecular flexibility index (Phi) is 1.74. The van der Waals surface area contributed by atoms with Crippen LogP contribution in [-0.4, -0.2) is 32.2 Å². The number of nitrogens with zero attached hydrogens (tertiary/aromatic N) is 3. The van der Waals surface area contributed by atoms with E-state index in [0.717, 1.165) is 5.06 Å². The number of H-pyrrole nitrogens is 2. The minimum atomic E-state index is 0.268. The largest absolute Gasteiger partial charge is 0.341 e. The molecule has 2 heterocycles. The number of fused-ring (bicyclic) bond motifs is 1. The lowest BCUT2D eigenvalue weighted by molar-refractivity contribution is 0.272. The minimum Gasteiger partial charge on any atom is -0.341 e. The molecule has 0 fully saturated rings.